The van der Waals surface area contributed by atoms with Crippen molar-refractivity contribution in [1.29, 1.82) is 0 Å². The highest BCUT2D eigenvalue weighted by atomic mass is 33.1. The Hall–Kier alpha value is -0.610. The lowest BCUT2D eigenvalue weighted by Gasteiger charge is -2.05. The monoisotopic (exact) mass is 243 g/mol. The van der Waals surface area contributed by atoms with Gasteiger partial charge in [-0.2, -0.15) is 0 Å². The second-order valence-corrected chi connectivity index (χ2v) is 4.38. The molecule has 0 aliphatic rings. The Morgan fingerprint density at radius 3 is 2.80 bits per heavy atom. The van der Waals surface area contributed by atoms with E-state index in [-0.39, 0.29) is 5.91 Å². The molecule has 0 saturated carbocycles. The number of thiol groups is 1. The van der Waals surface area contributed by atoms with E-state index in [0.29, 0.717) is 12.1 Å². The smallest absolute Gasteiger partial charge is 0.246 e. The lowest BCUT2D eigenvalue weighted by molar-refractivity contribution is -0.117. The van der Waals surface area contributed by atoms with E-state index in [1.165, 1.54) is 10.8 Å². The molecule has 0 atom stereocenters. The van der Waals surface area contributed by atoms with E-state index < -0.39 is 0 Å². The Morgan fingerprint density at radius 2 is 2.27 bits per heavy atom. The van der Waals surface area contributed by atoms with Crippen LogP contribution in [0.15, 0.2) is 35.8 Å². The average Bonchev–Trinajstić information content (AvgIpc) is 2.23. The lowest BCUT2D eigenvalue weighted by Crippen LogP contribution is -2.25. The maximum atomic E-state index is 11.4. The second kappa shape index (κ2) is 8.68. The molecule has 0 saturated heterocycles. The SMILES string of the molecule is C=CC=C(C)C(=O)NCCCC(=C)SS. The fourth-order valence-corrected chi connectivity index (χ4v) is 1.43. The minimum Gasteiger partial charge on any atom is -0.352 e. The van der Waals surface area contributed by atoms with E-state index in [0.717, 1.165) is 17.7 Å². The third-order valence-corrected chi connectivity index (χ3v) is 3.01. The van der Waals surface area contributed by atoms with Crippen molar-refractivity contribution in [2.24, 2.45) is 0 Å². The quantitative estimate of drug-likeness (QED) is 0.236. The molecule has 0 radical (unpaired) electrons. The van der Waals surface area contributed by atoms with Gasteiger partial charge >= 0.3 is 0 Å². The minimum atomic E-state index is -0.0426. The number of carbonyl (C=O) groups is 1. The molecule has 0 heterocycles. The summed E-state index contributed by atoms with van der Waals surface area (Å²) in [6, 6.07) is 0. The molecule has 0 bridgehead atoms. The predicted molar refractivity (Wildman–Crippen MR) is 71.9 cm³/mol. The van der Waals surface area contributed by atoms with Crippen molar-refractivity contribution in [2.45, 2.75) is 19.8 Å². The largest absolute Gasteiger partial charge is 0.352 e. The Labute approximate surface area is 101 Å². The number of allylic oxidation sites excluding steroid dienone is 3. The van der Waals surface area contributed by atoms with E-state index >= 15 is 0 Å². The first-order chi connectivity index (χ1) is 7.11. The van der Waals surface area contributed by atoms with E-state index in [9.17, 15) is 4.79 Å². The Bertz CT molecular complexity index is 272. The molecule has 1 amide bonds. The van der Waals surface area contributed by atoms with Gasteiger partial charge in [-0.05, 0) is 24.7 Å². The molecule has 0 aromatic carbocycles. The Kier molecular flexibility index (Phi) is 8.33. The van der Waals surface area contributed by atoms with E-state index in [4.69, 9.17) is 0 Å². The first kappa shape index (κ1) is 14.4. The van der Waals surface area contributed by atoms with Gasteiger partial charge in [-0.25, -0.2) is 0 Å². The molecule has 1 N–H and O–H groups in total. The molecule has 0 aromatic heterocycles. The van der Waals surface area contributed by atoms with Crippen LogP contribution >= 0.6 is 22.5 Å². The zero-order chi connectivity index (χ0) is 11.7. The van der Waals surface area contributed by atoms with Gasteiger partial charge in [0.2, 0.25) is 5.91 Å². The molecule has 0 fully saturated rings. The molecule has 0 aliphatic heterocycles. The first-order valence-corrected chi connectivity index (χ1v) is 6.55. The molecule has 15 heavy (non-hydrogen) atoms. The molecular weight excluding hydrogens is 226 g/mol. The summed E-state index contributed by atoms with van der Waals surface area (Å²) in [7, 11) is 1.36. The maximum absolute atomic E-state index is 11.4. The van der Waals surface area contributed by atoms with Crippen LogP contribution in [0, 0.1) is 0 Å². The summed E-state index contributed by atoms with van der Waals surface area (Å²) in [4.78, 5) is 12.4. The summed E-state index contributed by atoms with van der Waals surface area (Å²) in [5.74, 6) is -0.0426. The Balaban J connectivity index is 3.69. The maximum Gasteiger partial charge on any atom is 0.246 e. The summed E-state index contributed by atoms with van der Waals surface area (Å²) in [6.45, 7) is 9.76. The fourth-order valence-electron chi connectivity index (χ4n) is 0.925. The van der Waals surface area contributed by atoms with E-state index in [1.807, 2.05) is 0 Å². The van der Waals surface area contributed by atoms with E-state index in [1.54, 1.807) is 19.1 Å². The van der Waals surface area contributed by atoms with Gasteiger partial charge in [0.1, 0.15) is 0 Å². The highest BCUT2D eigenvalue weighted by molar-refractivity contribution is 8.70. The van der Waals surface area contributed by atoms with Gasteiger partial charge in [0.25, 0.3) is 0 Å². The predicted octanol–water partition coefficient (Wildman–Crippen LogP) is 3.11. The molecule has 0 aliphatic carbocycles. The fraction of sp³-hybridized carbons (Fsp3) is 0.364. The molecule has 0 rings (SSSR count). The molecule has 2 nitrogen and oxygen atoms in total. The van der Waals surface area contributed by atoms with Crippen LogP contribution in [0.2, 0.25) is 0 Å². The number of nitrogens with one attached hydrogen (secondary N) is 1. The van der Waals surface area contributed by atoms with Gasteiger partial charge in [-0.15, -0.1) is 11.7 Å². The van der Waals surface area contributed by atoms with Gasteiger partial charge in [0.15, 0.2) is 0 Å². The van der Waals surface area contributed by atoms with Crippen LogP contribution in [-0.2, 0) is 4.79 Å². The zero-order valence-corrected chi connectivity index (χ0v) is 10.7. The van der Waals surface area contributed by atoms with Crippen LogP contribution in [0.4, 0.5) is 0 Å². The highest BCUT2D eigenvalue weighted by Crippen LogP contribution is 2.21. The van der Waals surface area contributed by atoms with Crippen molar-refractivity contribution < 1.29 is 4.79 Å². The summed E-state index contributed by atoms with van der Waals surface area (Å²) >= 11 is 4.03. The molecule has 4 heteroatoms. The normalized spacial score (nSPS) is 10.9. The standard InChI is InChI=1S/C11H17NOS2/c1-4-6-9(2)11(13)12-8-5-7-10(3)15-14/h4,6,14H,1,3,5,7-8H2,2H3,(H,12,13). The van der Waals surface area contributed by atoms with Crippen molar-refractivity contribution >= 4 is 28.4 Å². The molecule has 0 aromatic rings. The highest BCUT2D eigenvalue weighted by Gasteiger charge is 2.01. The zero-order valence-electron chi connectivity index (χ0n) is 8.95. The average molecular weight is 243 g/mol. The van der Waals surface area contributed by atoms with Crippen molar-refractivity contribution in [3.05, 3.63) is 35.8 Å². The van der Waals surface area contributed by atoms with Crippen LogP contribution in [0.25, 0.3) is 0 Å². The van der Waals surface area contributed by atoms with Gasteiger partial charge in [0, 0.05) is 12.1 Å². The van der Waals surface area contributed by atoms with Gasteiger partial charge in [-0.1, -0.05) is 36.1 Å². The van der Waals surface area contributed by atoms with Crippen molar-refractivity contribution in [3.8, 4) is 0 Å². The first-order valence-electron chi connectivity index (χ1n) is 4.68. The van der Waals surface area contributed by atoms with Gasteiger partial charge in [-0.3, -0.25) is 4.79 Å². The summed E-state index contributed by atoms with van der Waals surface area (Å²) in [6.07, 6.45) is 5.06. The van der Waals surface area contributed by atoms with Crippen molar-refractivity contribution in [3.63, 3.8) is 0 Å². The summed E-state index contributed by atoms with van der Waals surface area (Å²) in [5.41, 5.74) is 0.674. The molecule has 84 valence electrons. The number of rotatable bonds is 7. The summed E-state index contributed by atoms with van der Waals surface area (Å²) < 4.78 is 0. The Morgan fingerprint density at radius 1 is 1.60 bits per heavy atom. The van der Waals surface area contributed by atoms with Crippen molar-refractivity contribution in [2.75, 3.05) is 6.54 Å². The third kappa shape index (κ3) is 7.33. The minimum absolute atomic E-state index is 0.0426. The van der Waals surface area contributed by atoms with Crippen LogP contribution < -0.4 is 5.32 Å². The van der Waals surface area contributed by atoms with Gasteiger partial charge < -0.3 is 5.32 Å². The van der Waals surface area contributed by atoms with Crippen LogP contribution in [0.1, 0.15) is 19.8 Å². The number of hydrogen-bond acceptors (Lipinski definition) is 3. The third-order valence-electron chi connectivity index (χ3n) is 1.77. The van der Waals surface area contributed by atoms with Crippen molar-refractivity contribution in [1.82, 2.24) is 5.32 Å². The van der Waals surface area contributed by atoms with Crippen LogP contribution in [-0.4, -0.2) is 12.5 Å². The molecule has 0 spiro atoms. The number of carbonyl (C=O) groups excluding carboxylic acids is 1. The number of amides is 1. The lowest BCUT2D eigenvalue weighted by atomic mass is 10.2. The number of hydrogen-bond donors (Lipinski definition) is 2. The van der Waals surface area contributed by atoms with Crippen LogP contribution in [0.3, 0.4) is 0 Å². The molecule has 0 unspecified atom stereocenters. The van der Waals surface area contributed by atoms with Gasteiger partial charge in [0.05, 0.1) is 0 Å². The summed E-state index contributed by atoms with van der Waals surface area (Å²) in [5, 5.41) is 2.82. The van der Waals surface area contributed by atoms with E-state index in [2.05, 4.69) is 30.1 Å². The topological polar surface area (TPSA) is 29.1 Å². The molecular formula is C11H17NOS2. The van der Waals surface area contributed by atoms with Crippen LogP contribution in [0.5, 0.6) is 0 Å². The second-order valence-electron chi connectivity index (χ2n) is 3.07.